The van der Waals surface area contributed by atoms with Gasteiger partial charge in [0.15, 0.2) is 0 Å². The van der Waals surface area contributed by atoms with E-state index in [9.17, 15) is 22.8 Å². The molecule has 1 unspecified atom stereocenters. The molecule has 1 N–H and O–H groups in total. The molecule has 30 heavy (non-hydrogen) atoms. The van der Waals surface area contributed by atoms with Crippen LogP contribution in [0.1, 0.15) is 60.0 Å². The molecule has 3 amide bonds. The summed E-state index contributed by atoms with van der Waals surface area (Å²) in [5.74, 6) is 5.26. The van der Waals surface area contributed by atoms with Gasteiger partial charge in [-0.1, -0.05) is 24.3 Å². The van der Waals surface area contributed by atoms with Gasteiger partial charge in [-0.25, -0.2) is 0 Å². The molecular formula is C21H24N2O6S. The Balaban J connectivity index is 1.57. The van der Waals surface area contributed by atoms with Gasteiger partial charge in [0.1, 0.15) is 6.04 Å². The van der Waals surface area contributed by atoms with Crippen molar-refractivity contribution in [1.82, 2.24) is 10.2 Å². The van der Waals surface area contributed by atoms with Crippen molar-refractivity contribution in [1.29, 1.82) is 0 Å². The highest BCUT2D eigenvalue weighted by atomic mass is 32.2. The molecule has 2 aliphatic rings. The second-order valence-electron chi connectivity index (χ2n) is 7.37. The van der Waals surface area contributed by atoms with Gasteiger partial charge in [0.25, 0.3) is 16.0 Å². The molecular weight excluding hydrogens is 408 g/mol. The van der Waals surface area contributed by atoms with Gasteiger partial charge in [-0.2, -0.15) is 8.42 Å². The Morgan fingerprint density at radius 2 is 2.00 bits per heavy atom. The number of amides is 3. The number of carbonyl (C=O) groups excluding carboxylic acids is 3. The maximum Gasteiger partial charge on any atom is 0.264 e. The molecule has 0 spiro atoms. The first-order valence-electron chi connectivity index (χ1n) is 9.86. The van der Waals surface area contributed by atoms with Crippen LogP contribution < -0.4 is 5.32 Å². The second-order valence-corrected chi connectivity index (χ2v) is 9.01. The molecule has 160 valence electrons. The standard InChI is InChI=1S/C21H24N2O6S/c1-30(27,28)29-13-6-4-2-3-5-8-15-9-7-10-16-17(15)14-23(21(16)26)18-11-12-19(24)22-20(18)25/h7,9-10,18H,2-4,6,11-14H2,1H3,(H,22,24,25). The Morgan fingerprint density at radius 3 is 2.73 bits per heavy atom. The van der Waals surface area contributed by atoms with E-state index in [1.807, 2.05) is 6.07 Å². The molecule has 8 nitrogen and oxygen atoms in total. The molecule has 0 bridgehead atoms. The van der Waals surface area contributed by atoms with Crippen molar-refractivity contribution >= 4 is 27.8 Å². The van der Waals surface area contributed by atoms with E-state index in [0.29, 0.717) is 31.4 Å². The molecule has 1 aromatic rings. The molecule has 1 aromatic carbocycles. The van der Waals surface area contributed by atoms with Crippen LogP contribution >= 0.6 is 0 Å². The van der Waals surface area contributed by atoms with Gasteiger partial charge in [0.2, 0.25) is 11.8 Å². The van der Waals surface area contributed by atoms with E-state index in [2.05, 4.69) is 17.2 Å². The predicted octanol–water partition coefficient (Wildman–Crippen LogP) is 1.34. The third-order valence-electron chi connectivity index (χ3n) is 5.05. The minimum absolute atomic E-state index is 0.177. The largest absolute Gasteiger partial charge is 0.322 e. The van der Waals surface area contributed by atoms with Gasteiger partial charge >= 0.3 is 0 Å². The maximum atomic E-state index is 12.8. The zero-order chi connectivity index (χ0) is 21.7. The van der Waals surface area contributed by atoms with Gasteiger partial charge < -0.3 is 4.90 Å². The smallest absolute Gasteiger partial charge is 0.264 e. The van der Waals surface area contributed by atoms with Crippen LogP contribution in [0.4, 0.5) is 0 Å². The van der Waals surface area contributed by atoms with Gasteiger partial charge in [0.05, 0.1) is 12.9 Å². The van der Waals surface area contributed by atoms with Crippen LogP contribution in [0, 0.1) is 11.8 Å². The van der Waals surface area contributed by atoms with Gasteiger partial charge in [0, 0.05) is 30.5 Å². The summed E-state index contributed by atoms with van der Waals surface area (Å²) in [6.07, 6.45) is 4.49. The Bertz CT molecular complexity index is 1020. The van der Waals surface area contributed by atoms with Crippen molar-refractivity contribution in [2.75, 3.05) is 12.9 Å². The fraction of sp³-hybridized carbons (Fsp3) is 0.476. The van der Waals surface area contributed by atoms with E-state index in [4.69, 9.17) is 4.18 Å². The van der Waals surface area contributed by atoms with Crippen LogP contribution in [0.3, 0.4) is 0 Å². The highest BCUT2D eigenvalue weighted by Crippen LogP contribution is 2.29. The quantitative estimate of drug-likeness (QED) is 0.301. The number of nitrogens with one attached hydrogen (secondary N) is 1. The van der Waals surface area contributed by atoms with Crippen LogP contribution in [0.5, 0.6) is 0 Å². The Kier molecular flexibility index (Phi) is 6.90. The summed E-state index contributed by atoms with van der Waals surface area (Å²) in [6, 6.07) is 4.72. The van der Waals surface area contributed by atoms with E-state index in [-0.39, 0.29) is 24.8 Å². The van der Waals surface area contributed by atoms with Crippen LogP contribution in [0.25, 0.3) is 0 Å². The number of unbranched alkanes of at least 4 members (excludes halogenated alkanes) is 3. The molecule has 1 saturated heterocycles. The lowest BCUT2D eigenvalue weighted by Gasteiger charge is -2.29. The van der Waals surface area contributed by atoms with Crippen LogP contribution in [-0.4, -0.2) is 49.9 Å². The number of rotatable bonds is 7. The number of imide groups is 1. The van der Waals surface area contributed by atoms with Crippen LogP contribution in [0.2, 0.25) is 0 Å². The maximum absolute atomic E-state index is 12.8. The number of piperidine rings is 1. The average molecular weight is 432 g/mol. The number of fused-ring (bicyclic) bond motifs is 1. The lowest BCUT2D eigenvalue weighted by atomic mass is 10.0. The molecule has 3 rings (SSSR count). The zero-order valence-corrected chi connectivity index (χ0v) is 17.6. The molecule has 0 aromatic heterocycles. The summed E-state index contributed by atoms with van der Waals surface area (Å²) in [6.45, 7) is 0.477. The number of hydrogen-bond acceptors (Lipinski definition) is 6. The first-order chi connectivity index (χ1) is 14.3. The monoisotopic (exact) mass is 432 g/mol. The summed E-state index contributed by atoms with van der Waals surface area (Å²) >= 11 is 0. The third kappa shape index (κ3) is 5.46. The molecule has 1 fully saturated rings. The normalized spacial score (nSPS) is 18.6. The van der Waals surface area contributed by atoms with E-state index < -0.39 is 22.1 Å². The summed E-state index contributed by atoms with van der Waals surface area (Å²) in [5, 5.41) is 2.30. The number of nitrogens with zero attached hydrogens (tertiary/aromatic N) is 1. The highest BCUT2D eigenvalue weighted by Gasteiger charge is 2.39. The van der Waals surface area contributed by atoms with E-state index >= 15 is 0 Å². The van der Waals surface area contributed by atoms with E-state index in [0.717, 1.165) is 30.2 Å². The van der Waals surface area contributed by atoms with Crippen molar-refractivity contribution in [3.05, 3.63) is 34.9 Å². The summed E-state index contributed by atoms with van der Waals surface area (Å²) < 4.78 is 26.5. The van der Waals surface area contributed by atoms with Gasteiger partial charge in [-0.15, -0.1) is 0 Å². The number of hydrogen-bond donors (Lipinski definition) is 1. The Labute approximate surface area is 176 Å². The summed E-state index contributed by atoms with van der Waals surface area (Å²) in [4.78, 5) is 37.8. The minimum atomic E-state index is -3.39. The van der Waals surface area contributed by atoms with Crippen molar-refractivity contribution in [3.63, 3.8) is 0 Å². The zero-order valence-electron chi connectivity index (χ0n) is 16.8. The molecule has 2 aliphatic heterocycles. The lowest BCUT2D eigenvalue weighted by molar-refractivity contribution is -0.136. The molecule has 2 heterocycles. The molecule has 0 aliphatic carbocycles. The fourth-order valence-corrected chi connectivity index (χ4v) is 3.98. The van der Waals surface area contributed by atoms with Crippen molar-refractivity contribution < 1.29 is 27.0 Å². The molecule has 1 atom stereocenters. The third-order valence-corrected chi connectivity index (χ3v) is 5.64. The highest BCUT2D eigenvalue weighted by molar-refractivity contribution is 7.85. The molecule has 0 radical (unpaired) electrons. The van der Waals surface area contributed by atoms with Crippen molar-refractivity contribution in [2.45, 2.75) is 51.1 Å². The van der Waals surface area contributed by atoms with Crippen molar-refractivity contribution in [3.8, 4) is 11.8 Å². The number of carbonyl (C=O) groups is 3. The SMILES string of the molecule is CS(=O)(=O)OCCCCCC#Cc1cccc2c1CN(C1CCC(=O)NC1=O)C2=O. The van der Waals surface area contributed by atoms with Gasteiger partial charge in [-0.3, -0.25) is 23.9 Å². The molecule has 0 saturated carbocycles. The van der Waals surface area contributed by atoms with Crippen molar-refractivity contribution in [2.24, 2.45) is 0 Å². The van der Waals surface area contributed by atoms with E-state index in [1.165, 1.54) is 4.90 Å². The Hall–Kier alpha value is -2.70. The topological polar surface area (TPSA) is 110 Å². The van der Waals surface area contributed by atoms with Crippen LogP contribution in [0.15, 0.2) is 18.2 Å². The summed E-state index contributed by atoms with van der Waals surface area (Å²) in [5.41, 5.74) is 2.11. The first-order valence-corrected chi connectivity index (χ1v) is 11.7. The van der Waals surface area contributed by atoms with Crippen LogP contribution in [-0.2, 0) is 30.4 Å². The first kappa shape index (κ1) is 22.0. The van der Waals surface area contributed by atoms with E-state index in [1.54, 1.807) is 12.1 Å². The summed E-state index contributed by atoms with van der Waals surface area (Å²) in [7, 11) is -3.39. The lowest BCUT2D eigenvalue weighted by Crippen LogP contribution is -2.52. The molecule has 9 heteroatoms. The minimum Gasteiger partial charge on any atom is -0.322 e. The predicted molar refractivity (Wildman–Crippen MR) is 109 cm³/mol. The Morgan fingerprint density at radius 1 is 1.20 bits per heavy atom. The van der Waals surface area contributed by atoms with Gasteiger partial charge in [-0.05, 0) is 37.0 Å². The average Bonchev–Trinajstić information content (AvgIpc) is 3.00. The second kappa shape index (κ2) is 9.41. The fourth-order valence-electron chi connectivity index (χ4n) is 3.56. The number of benzene rings is 1.